The highest BCUT2D eigenvalue weighted by molar-refractivity contribution is 5.85. The minimum absolute atomic E-state index is 0.291. The van der Waals surface area contributed by atoms with Crippen LogP contribution in [-0.4, -0.2) is 21.6 Å². The Balaban J connectivity index is 1.60. The van der Waals surface area contributed by atoms with Crippen molar-refractivity contribution in [1.29, 1.82) is 0 Å². The van der Waals surface area contributed by atoms with Crippen molar-refractivity contribution in [3.05, 3.63) is 59.8 Å². The highest BCUT2D eigenvalue weighted by Gasteiger charge is 2.38. The molecule has 126 valence electrons. The highest BCUT2D eigenvalue weighted by atomic mass is 16.5. The van der Waals surface area contributed by atoms with Gasteiger partial charge in [0, 0.05) is 18.3 Å². The number of aromatic nitrogens is 1. The first kappa shape index (κ1) is 16.5. The fourth-order valence-corrected chi connectivity index (χ4v) is 2.94. The predicted octanol–water partition coefficient (Wildman–Crippen LogP) is 2.58. The molecule has 2 N–H and O–H groups in total. The van der Waals surface area contributed by atoms with Crippen LogP contribution < -0.4 is 10.1 Å². The standard InChI is InChI=1S/C19H22N2O3/c22-18(19(23)10-4-5-11-19)21-13-16-9-6-12-20-17(16)24-14-15-7-2-1-3-8-15/h1-3,6-9,12,23H,4-5,10-11,13-14H2,(H,21,22). The van der Waals surface area contributed by atoms with E-state index in [-0.39, 0.29) is 5.91 Å². The third-order valence-electron chi connectivity index (χ3n) is 4.36. The third kappa shape index (κ3) is 3.92. The van der Waals surface area contributed by atoms with Gasteiger partial charge in [-0.2, -0.15) is 0 Å². The molecule has 1 aliphatic rings. The number of hydrogen-bond donors (Lipinski definition) is 2. The maximum Gasteiger partial charge on any atom is 0.252 e. The molecule has 0 aliphatic heterocycles. The second-order valence-electron chi connectivity index (χ2n) is 6.16. The van der Waals surface area contributed by atoms with Gasteiger partial charge in [0.15, 0.2) is 0 Å². The number of hydrogen-bond acceptors (Lipinski definition) is 4. The van der Waals surface area contributed by atoms with Crippen molar-refractivity contribution in [1.82, 2.24) is 10.3 Å². The summed E-state index contributed by atoms with van der Waals surface area (Å²) in [6.45, 7) is 0.710. The Morgan fingerprint density at radius 2 is 1.92 bits per heavy atom. The van der Waals surface area contributed by atoms with Gasteiger partial charge in [0.25, 0.3) is 5.91 Å². The lowest BCUT2D eigenvalue weighted by molar-refractivity contribution is -0.139. The van der Waals surface area contributed by atoms with Crippen LogP contribution in [0.2, 0.25) is 0 Å². The first-order chi connectivity index (χ1) is 11.7. The van der Waals surface area contributed by atoms with Crippen molar-refractivity contribution in [3.8, 4) is 5.88 Å². The SMILES string of the molecule is O=C(NCc1cccnc1OCc1ccccc1)C1(O)CCCC1. The van der Waals surface area contributed by atoms with E-state index >= 15 is 0 Å². The molecule has 0 saturated heterocycles. The zero-order valence-corrected chi connectivity index (χ0v) is 13.6. The van der Waals surface area contributed by atoms with Crippen LogP contribution in [0.25, 0.3) is 0 Å². The maximum absolute atomic E-state index is 12.2. The van der Waals surface area contributed by atoms with E-state index in [0.29, 0.717) is 31.9 Å². The lowest BCUT2D eigenvalue weighted by atomic mass is 10.0. The molecule has 1 saturated carbocycles. The predicted molar refractivity (Wildman–Crippen MR) is 90.3 cm³/mol. The number of nitrogens with zero attached hydrogens (tertiary/aromatic N) is 1. The molecule has 1 aromatic heterocycles. The summed E-state index contributed by atoms with van der Waals surface area (Å²) >= 11 is 0. The number of nitrogens with one attached hydrogen (secondary N) is 1. The van der Waals surface area contributed by atoms with Gasteiger partial charge in [-0.25, -0.2) is 4.98 Å². The number of aliphatic hydroxyl groups is 1. The molecule has 0 unspecified atom stereocenters. The molecule has 1 amide bonds. The molecular weight excluding hydrogens is 304 g/mol. The summed E-state index contributed by atoms with van der Waals surface area (Å²) in [5, 5.41) is 13.1. The topological polar surface area (TPSA) is 71.5 Å². The van der Waals surface area contributed by atoms with Crippen molar-refractivity contribution in [2.75, 3.05) is 0 Å². The summed E-state index contributed by atoms with van der Waals surface area (Å²) in [5.74, 6) is 0.193. The van der Waals surface area contributed by atoms with E-state index in [2.05, 4.69) is 10.3 Å². The smallest absolute Gasteiger partial charge is 0.252 e. The summed E-state index contributed by atoms with van der Waals surface area (Å²) < 4.78 is 5.78. The van der Waals surface area contributed by atoms with E-state index in [4.69, 9.17) is 4.74 Å². The number of ether oxygens (including phenoxy) is 1. The van der Waals surface area contributed by atoms with Crippen LogP contribution in [0, 0.1) is 0 Å². The molecule has 2 aromatic rings. The highest BCUT2D eigenvalue weighted by Crippen LogP contribution is 2.29. The van der Waals surface area contributed by atoms with E-state index in [0.717, 1.165) is 24.0 Å². The Bertz CT molecular complexity index is 682. The van der Waals surface area contributed by atoms with Gasteiger partial charge in [-0.15, -0.1) is 0 Å². The normalized spacial score (nSPS) is 15.9. The average Bonchev–Trinajstić information content (AvgIpc) is 3.07. The third-order valence-corrected chi connectivity index (χ3v) is 4.36. The van der Waals surface area contributed by atoms with Crippen LogP contribution in [0.15, 0.2) is 48.7 Å². The molecule has 0 atom stereocenters. The first-order valence-electron chi connectivity index (χ1n) is 8.29. The first-order valence-corrected chi connectivity index (χ1v) is 8.29. The zero-order valence-electron chi connectivity index (χ0n) is 13.6. The minimum Gasteiger partial charge on any atom is -0.473 e. The Morgan fingerprint density at radius 3 is 2.67 bits per heavy atom. The number of pyridine rings is 1. The lowest BCUT2D eigenvalue weighted by Crippen LogP contribution is -2.44. The molecule has 1 aromatic carbocycles. The minimum atomic E-state index is -1.22. The second kappa shape index (κ2) is 7.45. The van der Waals surface area contributed by atoms with Gasteiger partial charge in [-0.3, -0.25) is 4.79 Å². The summed E-state index contributed by atoms with van der Waals surface area (Å²) in [4.78, 5) is 16.5. The van der Waals surface area contributed by atoms with E-state index in [9.17, 15) is 9.90 Å². The fourth-order valence-electron chi connectivity index (χ4n) is 2.94. The number of rotatable bonds is 6. The largest absolute Gasteiger partial charge is 0.473 e. The summed E-state index contributed by atoms with van der Waals surface area (Å²) in [5.41, 5.74) is 0.634. The van der Waals surface area contributed by atoms with E-state index in [1.165, 1.54) is 0 Å². The molecule has 1 heterocycles. The fraction of sp³-hybridized carbons (Fsp3) is 0.368. The molecule has 24 heavy (non-hydrogen) atoms. The van der Waals surface area contributed by atoms with Gasteiger partial charge in [0.2, 0.25) is 5.88 Å². The molecule has 0 spiro atoms. The van der Waals surface area contributed by atoms with Gasteiger partial charge >= 0.3 is 0 Å². The molecule has 0 bridgehead atoms. The molecule has 5 nitrogen and oxygen atoms in total. The second-order valence-corrected chi connectivity index (χ2v) is 6.16. The van der Waals surface area contributed by atoms with Crippen molar-refractivity contribution < 1.29 is 14.6 Å². The van der Waals surface area contributed by atoms with Crippen LogP contribution in [0.5, 0.6) is 5.88 Å². The van der Waals surface area contributed by atoms with Crippen molar-refractivity contribution in [3.63, 3.8) is 0 Å². The van der Waals surface area contributed by atoms with Crippen molar-refractivity contribution in [2.24, 2.45) is 0 Å². The van der Waals surface area contributed by atoms with Gasteiger partial charge in [0.05, 0.1) is 0 Å². The van der Waals surface area contributed by atoms with Crippen LogP contribution in [-0.2, 0) is 17.9 Å². The average molecular weight is 326 g/mol. The Hall–Kier alpha value is -2.40. The van der Waals surface area contributed by atoms with Crippen LogP contribution in [0.3, 0.4) is 0 Å². The summed E-state index contributed by atoms with van der Waals surface area (Å²) in [6, 6.07) is 13.5. The molecule has 0 radical (unpaired) electrons. The summed E-state index contributed by atoms with van der Waals surface area (Å²) in [6.07, 6.45) is 4.51. The quantitative estimate of drug-likeness (QED) is 0.856. The van der Waals surface area contributed by atoms with E-state index in [1.54, 1.807) is 12.3 Å². The lowest BCUT2D eigenvalue weighted by Gasteiger charge is -2.21. The molecular formula is C19H22N2O3. The van der Waals surface area contributed by atoms with Crippen LogP contribution in [0.4, 0.5) is 0 Å². The van der Waals surface area contributed by atoms with E-state index < -0.39 is 5.60 Å². The molecule has 5 heteroatoms. The Morgan fingerprint density at radius 1 is 1.17 bits per heavy atom. The van der Waals surface area contributed by atoms with Crippen molar-refractivity contribution >= 4 is 5.91 Å². The molecule has 1 fully saturated rings. The Kier molecular flexibility index (Phi) is 5.11. The monoisotopic (exact) mass is 326 g/mol. The number of carbonyl (C=O) groups excluding carboxylic acids is 1. The number of amides is 1. The Labute approximate surface area is 141 Å². The zero-order chi connectivity index (χ0) is 16.8. The van der Waals surface area contributed by atoms with Crippen molar-refractivity contribution in [2.45, 2.75) is 44.4 Å². The van der Waals surface area contributed by atoms with Gasteiger partial charge in [-0.1, -0.05) is 36.4 Å². The van der Waals surface area contributed by atoms with E-state index in [1.807, 2.05) is 36.4 Å². The molecule has 1 aliphatic carbocycles. The van der Waals surface area contributed by atoms with Crippen LogP contribution in [0.1, 0.15) is 36.8 Å². The molecule has 3 rings (SSSR count). The van der Waals surface area contributed by atoms with Gasteiger partial charge in [-0.05, 0) is 37.3 Å². The van der Waals surface area contributed by atoms with Gasteiger partial charge < -0.3 is 15.2 Å². The number of carbonyl (C=O) groups is 1. The maximum atomic E-state index is 12.2. The van der Waals surface area contributed by atoms with Crippen LogP contribution >= 0.6 is 0 Å². The summed E-state index contributed by atoms with van der Waals surface area (Å²) in [7, 11) is 0. The van der Waals surface area contributed by atoms with Gasteiger partial charge in [0.1, 0.15) is 12.2 Å². The number of benzene rings is 1.